The molecule has 2 rings (SSSR count). The van der Waals surface area contributed by atoms with Crippen LogP contribution in [0.2, 0.25) is 10.0 Å². The van der Waals surface area contributed by atoms with Crippen molar-refractivity contribution < 1.29 is 14.3 Å². The Labute approximate surface area is 157 Å². The molecule has 1 amide bonds. The Kier molecular flexibility index (Phi) is 6.73. The summed E-state index contributed by atoms with van der Waals surface area (Å²) in [5.41, 5.74) is 1.63. The number of rotatable bonds is 6. The molecule has 0 radical (unpaired) electrons. The van der Waals surface area contributed by atoms with Gasteiger partial charge in [0.2, 0.25) is 5.91 Å². The summed E-state index contributed by atoms with van der Waals surface area (Å²) in [6.45, 7) is 1.89. The molecule has 1 N–H and O–H groups in total. The van der Waals surface area contributed by atoms with E-state index in [1.165, 1.54) is 6.08 Å². The Morgan fingerprint density at radius 1 is 1.08 bits per heavy atom. The summed E-state index contributed by atoms with van der Waals surface area (Å²) in [6.07, 6.45) is 3.09. The molecule has 0 aromatic heterocycles. The number of hydrogen-bond acceptors (Lipinski definition) is 3. The molecule has 2 aromatic rings. The Balaban J connectivity index is 2.05. The van der Waals surface area contributed by atoms with Gasteiger partial charge in [-0.05, 0) is 48.4 Å². The molecular weight excluding hydrogens is 361 g/mol. The van der Waals surface area contributed by atoms with E-state index in [1.807, 2.05) is 19.1 Å². The first-order valence-corrected chi connectivity index (χ1v) is 8.35. The fourth-order valence-electron chi connectivity index (χ4n) is 2.27. The summed E-state index contributed by atoms with van der Waals surface area (Å²) in [6, 6.07) is 10.4. The van der Waals surface area contributed by atoms with Gasteiger partial charge in [-0.1, -0.05) is 35.3 Å². The number of ether oxygens (including phenoxy) is 2. The van der Waals surface area contributed by atoms with Gasteiger partial charge in [0.1, 0.15) is 0 Å². The van der Waals surface area contributed by atoms with Gasteiger partial charge in [0.15, 0.2) is 11.5 Å². The van der Waals surface area contributed by atoms with Crippen molar-refractivity contribution in [2.24, 2.45) is 0 Å². The Morgan fingerprint density at radius 3 is 2.44 bits per heavy atom. The van der Waals surface area contributed by atoms with Gasteiger partial charge in [-0.25, -0.2) is 0 Å². The van der Waals surface area contributed by atoms with Gasteiger partial charge < -0.3 is 14.8 Å². The molecule has 0 unspecified atom stereocenters. The lowest BCUT2D eigenvalue weighted by molar-refractivity contribution is -0.117. The molecule has 0 aliphatic rings. The highest BCUT2D eigenvalue weighted by atomic mass is 35.5. The first kappa shape index (κ1) is 19.2. The summed E-state index contributed by atoms with van der Waals surface area (Å²) in [5.74, 6) is 1.03. The third kappa shape index (κ3) is 5.15. The lowest BCUT2D eigenvalue weighted by Crippen LogP contribution is -2.24. The Bertz CT molecular complexity index is 790. The number of nitrogens with one attached hydrogen (secondary N) is 1. The van der Waals surface area contributed by atoms with Gasteiger partial charge >= 0.3 is 0 Å². The van der Waals surface area contributed by atoms with Crippen LogP contribution in [-0.4, -0.2) is 20.1 Å². The highest BCUT2D eigenvalue weighted by Crippen LogP contribution is 2.29. The molecule has 25 heavy (non-hydrogen) atoms. The Morgan fingerprint density at radius 2 is 1.80 bits per heavy atom. The van der Waals surface area contributed by atoms with Crippen molar-refractivity contribution in [2.75, 3.05) is 14.2 Å². The summed E-state index contributed by atoms with van der Waals surface area (Å²) in [5, 5.41) is 3.93. The second-order valence-corrected chi connectivity index (χ2v) is 6.19. The van der Waals surface area contributed by atoms with E-state index < -0.39 is 0 Å². The van der Waals surface area contributed by atoms with Crippen LogP contribution in [0.4, 0.5) is 0 Å². The Hall–Kier alpha value is -2.17. The van der Waals surface area contributed by atoms with E-state index in [-0.39, 0.29) is 11.9 Å². The topological polar surface area (TPSA) is 47.6 Å². The normalized spacial score (nSPS) is 12.0. The fraction of sp³-hybridized carbons (Fsp3) is 0.211. The molecule has 0 fully saturated rings. The zero-order chi connectivity index (χ0) is 18.4. The van der Waals surface area contributed by atoms with Crippen molar-refractivity contribution in [2.45, 2.75) is 13.0 Å². The SMILES string of the molecule is COc1ccc([C@@H](C)NC(=O)/C=C/c2ccc(Cl)cc2Cl)cc1OC. The molecule has 6 heteroatoms. The van der Waals surface area contributed by atoms with Gasteiger partial charge in [-0.3, -0.25) is 4.79 Å². The third-order valence-electron chi connectivity index (χ3n) is 3.64. The van der Waals surface area contributed by atoms with E-state index in [0.29, 0.717) is 21.5 Å². The first-order valence-electron chi connectivity index (χ1n) is 7.60. The van der Waals surface area contributed by atoms with Gasteiger partial charge in [-0.2, -0.15) is 0 Å². The number of carbonyl (C=O) groups excluding carboxylic acids is 1. The predicted molar refractivity (Wildman–Crippen MR) is 102 cm³/mol. The number of hydrogen-bond donors (Lipinski definition) is 1. The number of methoxy groups -OCH3 is 2. The van der Waals surface area contributed by atoms with Crippen LogP contribution in [0.15, 0.2) is 42.5 Å². The quantitative estimate of drug-likeness (QED) is 0.725. The van der Waals surface area contributed by atoms with E-state index in [9.17, 15) is 4.79 Å². The van der Waals surface area contributed by atoms with E-state index in [4.69, 9.17) is 32.7 Å². The van der Waals surface area contributed by atoms with Crippen LogP contribution in [0, 0.1) is 0 Å². The lowest BCUT2D eigenvalue weighted by Gasteiger charge is -2.15. The molecule has 2 aromatic carbocycles. The highest BCUT2D eigenvalue weighted by molar-refractivity contribution is 6.35. The van der Waals surface area contributed by atoms with E-state index in [2.05, 4.69) is 5.32 Å². The van der Waals surface area contributed by atoms with E-state index >= 15 is 0 Å². The molecule has 0 saturated carbocycles. The molecule has 0 aliphatic carbocycles. The summed E-state index contributed by atoms with van der Waals surface area (Å²) in [7, 11) is 3.15. The van der Waals surface area contributed by atoms with E-state index in [0.717, 1.165) is 11.1 Å². The minimum Gasteiger partial charge on any atom is -0.493 e. The smallest absolute Gasteiger partial charge is 0.244 e. The summed E-state index contributed by atoms with van der Waals surface area (Å²) < 4.78 is 10.5. The monoisotopic (exact) mass is 379 g/mol. The van der Waals surface area contributed by atoms with Crippen molar-refractivity contribution in [3.8, 4) is 11.5 Å². The molecule has 0 heterocycles. The maximum Gasteiger partial charge on any atom is 0.244 e. The second-order valence-electron chi connectivity index (χ2n) is 5.34. The van der Waals surface area contributed by atoms with Crippen LogP contribution in [0.5, 0.6) is 11.5 Å². The lowest BCUT2D eigenvalue weighted by atomic mass is 10.1. The second kappa shape index (κ2) is 8.79. The predicted octanol–water partition coefficient (Wildman–Crippen LogP) is 4.90. The van der Waals surface area contributed by atoms with Crippen molar-refractivity contribution >= 4 is 35.2 Å². The number of carbonyl (C=O) groups is 1. The molecule has 0 saturated heterocycles. The van der Waals surface area contributed by atoms with Gasteiger partial charge in [-0.15, -0.1) is 0 Å². The van der Waals surface area contributed by atoms with Crippen LogP contribution in [0.1, 0.15) is 24.1 Å². The molecule has 4 nitrogen and oxygen atoms in total. The van der Waals surface area contributed by atoms with E-state index in [1.54, 1.807) is 44.6 Å². The van der Waals surface area contributed by atoms with Crippen molar-refractivity contribution in [3.05, 3.63) is 63.6 Å². The van der Waals surface area contributed by atoms with Crippen molar-refractivity contribution in [1.82, 2.24) is 5.32 Å². The molecule has 1 atom stereocenters. The number of amides is 1. The minimum atomic E-state index is -0.228. The molecule has 0 aliphatic heterocycles. The fourth-order valence-corrected chi connectivity index (χ4v) is 2.74. The average molecular weight is 380 g/mol. The minimum absolute atomic E-state index is 0.197. The number of benzene rings is 2. The van der Waals surface area contributed by atoms with Gasteiger partial charge in [0, 0.05) is 16.1 Å². The maximum absolute atomic E-state index is 12.1. The van der Waals surface area contributed by atoms with Gasteiger partial charge in [0.05, 0.1) is 20.3 Å². The zero-order valence-corrected chi connectivity index (χ0v) is 15.7. The standard InChI is InChI=1S/C19H19Cl2NO3/c1-12(14-5-8-17(24-2)18(10-14)25-3)22-19(23)9-6-13-4-7-15(20)11-16(13)21/h4-12H,1-3H3,(H,22,23)/b9-6+/t12-/m1/s1. The van der Waals surface area contributed by atoms with Crippen LogP contribution < -0.4 is 14.8 Å². The van der Waals surface area contributed by atoms with Crippen LogP contribution >= 0.6 is 23.2 Å². The highest BCUT2D eigenvalue weighted by Gasteiger charge is 2.11. The zero-order valence-electron chi connectivity index (χ0n) is 14.2. The van der Waals surface area contributed by atoms with Crippen LogP contribution in [0.25, 0.3) is 6.08 Å². The molecule has 132 valence electrons. The largest absolute Gasteiger partial charge is 0.493 e. The molecular formula is C19H19Cl2NO3. The average Bonchev–Trinajstić information content (AvgIpc) is 2.60. The van der Waals surface area contributed by atoms with Crippen LogP contribution in [0.3, 0.4) is 0 Å². The van der Waals surface area contributed by atoms with Crippen LogP contribution in [-0.2, 0) is 4.79 Å². The molecule has 0 bridgehead atoms. The molecule has 0 spiro atoms. The van der Waals surface area contributed by atoms with Crippen molar-refractivity contribution in [1.29, 1.82) is 0 Å². The van der Waals surface area contributed by atoms with Crippen molar-refractivity contribution in [3.63, 3.8) is 0 Å². The summed E-state index contributed by atoms with van der Waals surface area (Å²) in [4.78, 5) is 12.1. The first-order chi connectivity index (χ1) is 11.9. The summed E-state index contributed by atoms with van der Waals surface area (Å²) >= 11 is 11.9. The maximum atomic E-state index is 12.1. The number of halogens is 2. The third-order valence-corrected chi connectivity index (χ3v) is 4.21. The van der Waals surface area contributed by atoms with Gasteiger partial charge in [0.25, 0.3) is 0 Å².